The summed E-state index contributed by atoms with van der Waals surface area (Å²) in [6, 6.07) is -5.89. The molecule has 2 saturated carbocycles. The fourth-order valence-electron chi connectivity index (χ4n) is 9.97. The highest BCUT2D eigenvalue weighted by Crippen LogP contribution is 2.34. The highest BCUT2D eigenvalue weighted by Gasteiger charge is 2.52. The van der Waals surface area contributed by atoms with Crippen molar-refractivity contribution in [2.45, 2.75) is 197 Å². The third-order valence-corrected chi connectivity index (χ3v) is 18.7. The van der Waals surface area contributed by atoms with E-state index in [0.29, 0.717) is 49.4 Å². The van der Waals surface area contributed by atoms with E-state index in [1.54, 1.807) is 33.3 Å². The minimum absolute atomic E-state index is 0.0374. The molecule has 0 aromatic rings. The molecule has 27 N–H and O–H groups in total. The molecule has 0 bridgehead atoms. The second-order valence-electron chi connectivity index (χ2n) is 20.1. The molecule has 31 heteroatoms. The van der Waals surface area contributed by atoms with Gasteiger partial charge in [0.2, 0.25) is 0 Å². The molecule has 0 radical (unpaired) electrons. The maximum atomic E-state index is 11.4. The first kappa shape index (κ1) is 64.5. The van der Waals surface area contributed by atoms with Gasteiger partial charge in [0, 0.05) is 84.2 Å². The Kier molecular flexibility index (Phi) is 27.2. The summed E-state index contributed by atoms with van der Waals surface area (Å²) in [6.07, 6.45) is -17.8. The number of hydrogen-bond acceptors (Lipinski definition) is 31. The summed E-state index contributed by atoms with van der Waals surface area (Å²) < 4.78 is 59.8. The first-order valence-corrected chi connectivity index (χ1v) is 30.6. The van der Waals surface area contributed by atoms with Crippen LogP contribution in [0, 0.1) is 0 Å². The van der Waals surface area contributed by atoms with Crippen LogP contribution >= 0.6 is 45.1 Å². The van der Waals surface area contributed by atoms with E-state index in [-0.39, 0.29) is 45.2 Å². The van der Waals surface area contributed by atoms with Crippen LogP contribution in [0.1, 0.15) is 32.1 Å². The number of thioether (sulfide) groups is 2. The number of rotatable bonds is 27. The van der Waals surface area contributed by atoms with Crippen molar-refractivity contribution in [2.24, 2.45) is 57.3 Å². The van der Waals surface area contributed by atoms with Gasteiger partial charge in [0.25, 0.3) is 0 Å². The average molecular weight is 1160 g/mol. The van der Waals surface area contributed by atoms with Crippen LogP contribution < -0.4 is 57.3 Å². The van der Waals surface area contributed by atoms with Crippen LogP contribution in [-0.2, 0) is 47.4 Å². The van der Waals surface area contributed by atoms with Crippen molar-refractivity contribution in [3.63, 3.8) is 0 Å². The summed E-state index contributed by atoms with van der Waals surface area (Å²) in [6.45, 7) is 2.15. The third kappa shape index (κ3) is 17.9. The van der Waals surface area contributed by atoms with Crippen molar-refractivity contribution in [2.75, 3.05) is 74.0 Å². The molecule has 0 aromatic carbocycles. The first-order chi connectivity index (χ1) is 35.8. The van der Waals surface area contributed by atoms with Crippen molar-refractivity contribution in [1.29, 1.82) is 0 Å². The lowest BCUT2D eigenvalue weighted by Crippen LogP contribution is -2.68. The summed E-state index contributed by atoms with van der Waals surface area (Å²) in [5.41, 5.74) is 61.9. The Balaban J connectivity index is 0.793. The number of aliphatic hydroxyl groups excluding tert-OH is 7. The highest BCUT2D eigenvalue weighted by molar-refractivity contribution is 8.76. The minimum Gasteiger partial charge on any atom is -0.390 e. The van der Waals surface area contributed by atoms with E-state index >= 15 is 0 Å². The predicted molar refractivity (Wildman–Crippen MR) is 282 cm³/mol. The molecule has 6 fully saturated rings. The molecule has 27 nitrogen and oxygen atoms in total. The molecular formula is C44H88N10O17S4. The van der Waals surface area contributed by atoms with Gasteiger partial charge in [-0.2, -0.15) is 23.5 Å². The van der Waals surface area contributed by atoms with E-state index in [9.17, 15) is 35.7 Å². The van der Waals surface area contributed by atoms with Crippen LogP contribution in [0.3, 0.4) is 0 Å². The van der Waals surface area contributed by atoms with Crippen molar-refractivity contribution in [3.8, 4) is 0 Å². The van der Waals surface area contributed by atoms with Crippen molar-refractivity contribution < 1.29 is 83.1 Å². The Hall–Kier alpha value is 0.320. The molecule has 0 amide bonds. The fraction of sp³-hybridized carbons (Fsp3) is 1.00. The lowest BCUT2D eigenvalue weighted by molar-refractivity contribution is -0.309. The quantitative estimate of drug-likeness (QED) is 0.0268. The highest BCUT2D eigenvalue weighted by atomic mass is 33.1. The van der Waals surface area contributed by atoms with Gasteiger partial charge in [0.1, 0.15) is 42.7 Å². The molecule has 4 saturated heterocycles. The van der Waals surface area contributed by atoms with Gasteiger partial charge in [-0.25, -0.2) is 0 Å². The standard InChI is InChI=1S/C44H88N10O17S4/c45-14-27-25(55)11-23(52)42(65-27)69-39-20(49)9-19(48)38(36(39)60)68-31-13-18(47)33(57)29(64-31)16-72-5-1-62-3-7-74-75-8-4-63-2-6-73-17-30-34(58)32(54)35(59)44(67-30)71-41-22(51)10-21(50)40(37(41)61)70-43-24(53)12-26(56)28(15-46)66-43/h18-44,55-61H,1-17,45-54H2. The second-order valence-corrected chi connectivity index (χ2v) is 25.1. The van der Waals surface area contributed by atoms with E-state index in [1.165, 1.54) is 11.8 Å². The topological polar surface area (TPSA) is 494 Å². The molecule has 27 unspecified atom stereocenters. The summed E-state index contributed by atoms with van der Waals surface area (Å²) >= 11 is 3.03. The summed E-state index contributed by atoms with van der Waals surface area (Å²) in [4.78, 5) is 0. The number of nitrogens with two attached hydrogens (primary N) is 10. The molecule has 440 valence electrons. The number of ether oxygens (including phenoxy) is 10. The Morgan fingerprint density at radius 3 is 1.24 bits per heavy atom. The lowest BCUT2D eigenvalue weighted by atomic mass is 9.84. The maximum Gasteiger partial charge on any atom is 0.186 e. The molecule has 75 heavy (non-hydrogen) atoms. The molecule has 6 rings (SSSR count). The Bertz CT molecular complexity index is 1640. The Morgan fingerprint density at radius 1 is 0.387 bits per heavy atom. The summed E-state index contributed by atoms with van der Waals surface area (Å²) in [5, 5.41) is 75.9. The van der Waals surface area contributed by atoms with Crippen LogP contribution in [0.15, 0.2) is 0 Å². The summed E-state index contributed by atoms with van der Waals surface area (Å²) in [5.74, 6) is 3.56. The van der Waals surface area contributed by atoms with Gasteiger partial charge in [0.05, 0.1) is 93.4 Å². The van der Waals surface area contributed by atoms with E-state index < -0.39 is 165 Å². The van der Waals surface area contributed by atoms with Crippen molar-refractivity contribution in [1.82, 2.24) is 0 Å². The molecule has 0 spiro atoms. The van der Waals surface area contributed by atoms with Crippen LogP contribution in [0.25, 0.3) is 0 Å². The van der Waals surface area contributed by atoms with Crippen LogP contribution in [0.4, 0.5) is 0 Å². The molecular weight excluding hydrogens is 1070 g/mol. The zero-order chi connectivity index (χ0) is 54.5. The van der Waals surface area contributed by atoms with Crippen LogP contribution in [0.2, 0.25) is 0 Å². The van der Waals surface area contributed by atoms with Gasteiger partial charge in [-0.15, -0.1) is 0 Å². The normalized spacial score (nSPS) is 46.0. The van der Waals surface area contributed by atoms with E-state index in [0.717, 1.165) is 11.5 Å². The van der Waals surface area contributed by atoms with Gasteiger partial charge in [-0.05, 0) is 25.7 Å². The monoisotopic (exact) mass is 1160 g/mol. The van der Waals surface area contributed by atoms with E-state index in [4.69, 9.17) is 105 Å². The molecule has 4 heterocycles. The van der Waals surface area contributed by atoms with Crippen molar-refractivity contribution >= 4 is 45.1 Å². The number of aliphatic hydroxyl groups is 7. The molecule has 27 atom stereocenters. The molecule has 2 aliphatic carbocycles. The van der Waals surface area contributed by atoms with Gasteiger partial charge >= 0.3 is 0 Å². The fourth-order valence-corrected chi connectivity index (χ4v) is 13.5. The smallest absolute Gasteiger partial charge is 0.186 e. The second kappa shape index (κ2) is 31.7. The first-order valence-electron chi connectivity index (χ1n) is 25.8. The van der Waals surface area contributed by atoms with E-state index in [2.05, 4.69) is 0 Å². The van der Waals surface area contributed by atoms with Crippen LogP contribution in [-0.4, -0.2) is 275 Å². The zero-order valence-corrected chi connectivity index (χ0v) is 45.5. The Labute approximate surface area is 454 Å². The lowest BCUT2D eigenvalue weighted by Gasteiger charge is -2.48. The molecule has 4 aliphatic heterocycles. The van der Waals surface area contributed by atoms with Crippen LogP contribution in [0.5, 0.6) is 0 Å². The Morgan fingerprint density at radius 2 is 0.787 bits per heavy atom. The van der Waals surface area contributed by atoms with Gasteiger partial charge < -0.3 is 140 Å². The average Bonchev–Trinajstić information content (AvgIpc) is 3.36. The van der Waals surface area contributed by atoms with Gasteiger partial charge in [-0.1, -0.05) is 21.6 Å². The van der Waals surface area contributed by atoms with Crippen molar-refractivity contribution in [3.05, 3.63) is 0 Å². The van der Waals surface area contributed by atoms with Gasteiger partial charge in [-0.3, -0.25) is 0 Å². The summed E-state index contributed by atoms with van der Waals surface area (Å²) in [7, 11) is 3.35. The van der Waals surface area contributed by atoms with E-state index in [1.807, 2.05) is 0 Å². The third-order valence-electron chi connectivity index (χ3n) is 14.4. The zero-order valence-electron chi connectivity index (χ0n) is 42.2. The predicted octanol–water partition coefficient (Wildman–Crippen LogP) is -7.65. The molecule has 0 aromatic heterocycles. The minimum atomic E-state index is -1.43. The largest absolute Gasteiger partial charge is 0.390 e. The van der Waals surface area contributed by atoms with Gasteiger partial charge in [0.15, 0.2) is 25.2 Å². The molecule has 6 aliphatic rings. The number of hydrogen-bond donors (Lipinski definition) is 17. The maximum absolute atomic E-state index is 11.4. The SMILES string of the molecule is NCC1OC(OC2C(N)CC(N)C(OC3CC(N)C(O)C(CSCCOCCSSCCOCCSCC4OC(OC5C(N)CC(N)C(OC6OC(CN)C(O)CC6N)C5O)C(O)C(N)C4O)O3)C2O)C(N)CC1O.